The fourth-order valence-electron chi connectivity index (χ4n) is 3.89. The summed E-state index contributed by atoms with van der Waals surface area (Å²) in [5.41, 5.74) is 3.50. The summed E-state index contributed by atoms with van der Waals surface area (Å²) in [6.07, 6.45) is 0. The van der Waals surface area contributed by atoms with E-state index >= 15 is 0 Å². The summed E-state index contributed by atoms with van der Waals surface area (Å²) >= 11 is 0. The number of rotatable bonds is 3. The van der Waals surface area contributed by atoms with Crippen LogP contribution in [0.4, 0.5) is 4.39 Å². The van der Waals surface area contributed by atoms with Gasteiger partial charge in [-0.25, -0.2) is 9.07 Å². The van der Waals surface area contributed by atoms with E-state index in [4.69, 9.17) is 0 Å². The van der Waals surface area contributed by atoms with Crippen LogP contribution in [0.5, 0.6) is 0 Å². The maximum atomic E-state index is 13.9. The van der Waals surface area contributed by atoms with Gasteiger partial charge in [-0.15, -0.1) is 0 Å². The Morgan fingerprint density at radius 1 is 1.22 bits per heavy atom. The first kappa shape index (κ1) is 17.7. The van der Waals surface area contributed by atoms with Crippen LogP contribution in [0, 0.1) is 19.7 Å². The van der Waals surface area contributed by atoms with Gasteiger partial charge in [-0.05, 0) is 43.7 Å². The number of hydrogen-bond acceptors (Lipinski definition) is 4. The van der Waals surface area contributed by atoms with Crippen LogP contribution in [0.2, 0.25) is 0 Å². The van der Waals surface area contributed by atoms with Crippen molar-refractivity contribution in [2.24, 2.45) is 0 Å². The molecule has 2 fully saturated rings. The van der Waals surface area contributed by atoms with Gasteiger partial charge in [0.25, 0.3) is 0 Å². The van der Waals surface area contributed by atoms with Crippen LogP contribution in [0.15, 0.2) is 24.3 Å². The molecule has 1 atom stereocenters. The lowest BCUT2D eigenvalue weighted by molar-refractivity contribution is -0.149. The molecule has 27 heavy (non-hydrogen) atoms. The van der Waals surface area contributed by atoms with Crippen LogP contribution in [0.25, 0.3) is 5.69 Å². The van der Waals surface area contributed by atoms with Crippen molar-refractivity contribution in [1.82, 2.24) is 24.9 Å². The van der Waals surface area contributed by atoms with Gasteiger partial charge in [0.2, 0.25) is 11.8 Å². The van der Waals surface area contributed by atoms with Gasteiger partial charge in [0.1, 0.15) is 11.9 Å². The summed E-state index contributed by atoms with van der Waals surface area (Å²) in [7, 11) is 0. The monoisotopic (exact) mass is 371 g/mol. The van der Waals surface area contributed by atoms with Gasteiger partial charge >= 0.3 is 0 Å². The summed E-state index contributed by atoms with van der Waals surface area (Å²) < 4.78 is 15.8. The molecule has 8 heteroatoms. The molecule has 142 valence electrons. The van der Waals surface area contributed by atoms with E-state index in [1.165, 1.54) is 12.1 Å². The van der Waals surface area contributed by atoms with Crippen LogP contribution in [0.1, 0.15) is 17.0 Å². The van der Waals surface area contributed by atoms with Crippen LogP contribution in [0.3, 0.4) is 0 Å². The number of amides is 2. The molecule has 0 unspecified atom stereocenters. The molecule has 1 N–H and O–H groups in total. The van der Waals surface area contributed by atoms with Crippen molar-refractivity contribution in [3.63, 3.8) is 0 Å². The Bertz CT molecular complexity index is 910. The number of carbonyl (C=O) groups is 2. The van der Waals surface area contributed by atoms with E-state index in [9.17, 15) is 14.0 Å². The molecule has 0 aliphatic carbocycles. The number of fused-ring (bicyclic) bond motifs is 1. The number of nitrogens with zero attached hydrogens (tertiary/aromatic N) is 4. The number of aryl methyl sites for hydroxylation is 2. The van der Waals surface area contributed by atoms with E-state index in [0.717, 1.165) is 22.6 Å². The lowest BCUT2D eigenvalue weighted by Gasteiger charge is -2.43. The molecule has 2 saturated heterocycles. The molecule has 0 bridgehead atoms. The molecule has 4 rings (SSSR count). The van der Waals surface area contributed by atoms with E-state index in [-0.39, 0.29) is 24.2 Å². The molecule has 2 aromatic rings. The van der Waals surface area contributed by atoms with Crippen molar-refractivity contribution < 1.29 is 14.0 Å². The largest absolute Gasteiger partial charge is 0.345 e. The Kier molecular flexibility index (Phi) is 4.43. The summed E-state index contributed by atoms with van der Waals surface area (Å²) in [4.78, 5) is 27.9. The number of piperazine rings is 2. The minimum Gasteiger partial charge on any atom is -0.345 e. The fourth-order valence-corrected chi connectivity index (χ4v) is 3.89. The highest BCUT2D eigenvalue weighted by Crippen LogP contribution is 2.22. The number of nitrogens with one attached hydrogen (secondary N) is 1. The molecule has 1 aromatic carbocycles. The predicted molar refractivity (Wildman–Crippen MR) is 96.8 cm³/mol. The third-order valence-electron chi connectivity index (χ3n) is 5.17. The third-order valence-corrected chi connectivity index (χ3v) is 5.17. The predicted octanol–water partition coefficient (Wildman–Crippen LogP) is 0.771. The van der Waals surface area contributed by atoms with Gasteiger partial charge in [0, 0.05) is 31.9 Å². The van der Waals surface area contributed by atoms with E-state index in [2.05, 4.69) is 15.3 Å². The standard InChI is InChI=1S/C19H22FN5O2/c1-12-7-13(2)25(22-12)16-4-3-15(20)8-14(16)10-23-5-6-24-17(11-23)19(27)21-9-18(24)26/h3-4,7-8,17H,5-6,9-11H2,1-2H3,(H,21,27)/t17-/m0/s1. The van der Waals surface area contributed by atoms with E-state index in [0.29, 0.717) is 26.2 Å². The number of carbonyl (C=O) groups excluding carboxylic acids is 2. The highest BCUT2D eigenvalue weighted by Gasteiger charge is 2.38. The van der Waals surface area contributed by atoms with Crippen molar-refractivity contribution in [1.29, 1.82) is 0 Å². The van der Waals surface area contributed by atoms with Crippen LogP contribution < -0.4 is 5.32 Å². The lowest BCUT2D eigenvalue weighted by Crippen LogP contribution is -2.65. The zero-order chi connectivity index (χ0) is 19.1. The average molecular weight is 371 g/mol. The number of halogens is 1. The second-order valence-electron chi connectivity index (χ2n) is 7.17. The molecule has 7 nitrogen and oxygen atoms in total. The van der Waals surface area contributed by atoms with Crippen molar-refractivity contribution in [2.75, 3.05) is 26.2 Å². The quantitative estimate of drug-likeness (QED) is 0.865. The maximum absolute atomic E-state index is 13.9. The first-order valence-corrected chi connectivity index (χ1v) is 9.04. The third kappa shape index (κ3) is 3.32. The van der Waals surface area contributed by atoms with Crippen molar-refractivity contribution >= 4 is 11.8 Å². The number of aromatic nitrogens is 2. The summed E-state index contributed by atoms with van der Waals surface area (Å²) in [5, 5.41) is 7.15. The summed E-state index contributed by atoms with van der Waals surface area (Å²) in [5.74, 6) is -0.481. The second kappa shape index (κ2) is 6.77. The normalized spacial score (nSPS) is 20.6. The Balaban J connectivity index is 1.60. The zero-order valence-corrected chi connectivity index (χ0v) is 15.4. The van der Waals surface area contributed by atoms with Crippen molar-refractivity contribution in [2.45, 2.75) is 26.4 Å². The average Bonchev–Trinajstić information content (AvgIpc) is 2.97. The molecule has 2 aliphatic rings. The smallest absolute Gasteiger partial charge is 0.244 e. The van der Waals surface area contributed by atoms with Gasteiger partial charge in [0.05, 0.1) is 17.9 Å². The fraction of sp³-hybridized carbons (Fsp3) is 0.421. The van der Waals surface area contributed by atoms with Gasteiger partial charge < -0.3 is 10.2 Å². The molecule has 0 spiro atoms. The first-order chi connectivity index (χ1) is 12.9. The minimum atomic E-state index is -0.481. The van der Waals surface area contributed by atoms with Crippen molar-refractivity contribution in [3.8, 4) is 5.69 Å². The molecular weight excluding hydrogens is 349 g/mol. The van der Waals surface area contributed by atoms with Gasteiger partial charge in [0.15, 0.2) is 0 Å². The van der Waals surface area contributed by atoms with E-state index in [1.807, 2.05) is 24.6 Å². The highest BCUT2D eigenvalue weighted by atomic mass is 19.1. The maximum Gasteiger partial charge on any atom is 0.244 e. The minimum absolute atomic E-state index is 0.0478. The highest BCUT2D eigenvalue weighted by molar-refractivity contribution is 5.95. The SMILES string of the molecule is Cc1cc(C)n(-c2ccc(F)cc2CN2CCN3C(=O)CNC(=O)[C@@H]3C2)n1. The molecule has 0 radical (unpaired) electrons. The molecular formula is C19H22FN5O2. The Hall–Kier alpha value is -2.74. The van der Waals surface area contributed by atoms with Gasteiger partial charge in [-0.2, -0.15) is 5.10 Å². The molecule has 0 saturated carbocycles. The second-order valence-corrected chi connectivity index (χ2v) is 7.17. The van der Waals surface area contributed by atoms with Gasteiger partial charge in [-0.3, -0.25) is 14.5 Å². The van der Waals surface area contributed by atoms with Crippen molar-refractivity contribution in [3.05, 3.63) is 47.0 Å². The Morgan fingerprint density at radius 2 is 2.04 bits per heavy atom. The molecule has 2 aliphatic heterocycles. The van der Waals surface area contributed by atoms with Crippen LogP contribution in [-0.2, 0) is 16.1 Å². The molecule has 2 amide bonds. The van der Waals surface area contributed by atoms with Crippen LogP contribution >= 0.6 is 0 Å². The molecule has 3 heterocycles. The van der Waals surface area contributed by atoms with Crippen LogP contribution in [-0.4, -0.2) is 63.6 Å². The molecule has 1 aromatic heterocycles. The zero-order valence-electron chi connectivity index (χ0n) is 15.4. The van der Waals surface area contributed by atoms with Gasteiger partial charge in [-0.1, -0.05) is 0 Å². The topological polar surface area (TPSA) is 70.5 Å². The van der Waals surface area contributed by atoms with E-state index in [1.54, 1.807) is 11.0 Å². The van der Waals surface area contributed by atoms with E-state index < -0.39 is 6.04 Å². The lowest BCUT2D eigenvalue weighted by atomic mass is 10.1. The number of hydrogen-bond donors (Lipinski definition) is 1. The Morgan fingerprint density at radius 3 is 2.78 bits per heavy atom. The Labute approximate surface area is 156 Å². The first-order valence-electron chi connectivity index (χ1n) is 9.04. The summed E-state index contributed by atoms with van der Waals surface area (Å²) in [6.45, 7) is 6.02. The summed E-state index contributed by atoms with van der Waals surface area (Å²) in [6, 6.07) is 6.18. The number of benzene rings is 1.